The SMILES string of the molecule is CN(c1ccc(CC(=O)Cc2ccc(OC(F)(F)F)cc2)cc1)c1ccnc(Nc2cccc(N)c2)n1. The van der Waals surface area contributed by atoms with Crippen LogP contribution in [0.1, 0.15) is 11.1 Å². The van der Waals surface area contributed by atoms with Gasteiger partial charge in [-0.05, 0) is 59.7 Å². The molecule has 0 unspecified atom stereocenters. The molecule has 7 nitrogen and oxygen atoms in total. The zero-order valence-electron chi connectivity index (χ0n) is 19.9. The van der Waals surface area contributed by atoms with Crippen LogP contribution in [0.5, 0.6) is 5.75 Å². The number of rotatable bonds is 9. The van der Waals surface area contributed by atoms with Crippen LogP contribution in [-0.4, -0.2) is 29.2 Å². The molecule has 0 spiro atoms. The lowest BCUT2D eigenvalue weighted by molar-refractivity contribution is -0.274. The predicted molar refractivity (Wildman–Crippen MR) is 136 cm³/mol. The number of benzene rings is 3. The van der Waals surface area contributed by atoms with Crippen molar-refractivity contribution in [3.8, 4) is 5.75 Å². The van der Waals surface area contributed by atoms with E-state index >= 15 is 0 Å². The molecule has 3 aromatic carbocycles. The largest absolute Gasteiger partial charge is 0.573 e. The highest BCUT2D eigenvalue weighted by molar-refractivity contribution is 5.83. The number of aromatic nitrogens is 2. The summed E-state index contributed by atoms with van der Waals surface area (Å²) in [6.45, 7) is 0. The highest BCUT2D eigenvalue weighted by Crippen LogP contribution is 2.25. The van der Waals surface area contributed by atoms with Crippen molar-refractivity contribution in [2.45, 2.75) is 19.2 Å². The van der Waals surface area contributed by atoms with Crippen molar-refractivity contribution in [1.29, 1.82) is 0 Å². The quantitative estimate of drug-likeness (QED) is 0.276. The molecule has 37 heavy (non-hydrogen) atoms. The Kier molecular flexibility index (Phi) is 7.57. The Morgan fingerprint density at radius 2 is 1.62 bits per heavy atom. The van der Waals surface area contributed by atoms with E-state index in [9.17, 15) is 18.0 Å². The summed E-state index contributed by atoms with van der Waals surface area (Å²) >= 11 is 0. The first-order valence-electron chi connectivity index (χ1n) is 11.3. The van der Waals surface area contributed by atoms with Crippen molar-refractivity contribution in [2.75, 3.05) is 23.0 Å². The van der Waals surface area contributed by atoms with E-state index in [1.165, 1.54) is 24.3 Å². The third-order valence-electron chi connectivity index (χ3n) is 5.41. The van der Waals surface area contributed by atoms with Crippen molar-refractivity contribution in [2.24, 2.45) is 0 Å². The summed E-state index contributed by atoms with van der Waals surface area (Å²) in [5.74, 6) is 0.719. The van der Waals surface area contributed by atoms with Gasteiger partial charge in [-0.2, -0.15) is 4.98 Å². The van der Waals surface area contributed by atoms with Gasteiger partial charge < -0.3 is 20.7 Å². The standard InChI is InChI=1S/C27H24F3N5O2/c1-35(25-13-14-32-26(34-25)33-21-4-2-3-20(31)17-21)22-9-5-18(6-10-22)15-23(36)16-19-7-11-24(12-8-19)37-27(28,29)30/h2-14,17H,15-16,31H2,1H3,(H,32,33,34). The lowest BCUT2D eigenvalue weighted by Gasteiger charge is -2.19. The molecule has 1 heterocycles. The molecule has 10 heteroatoms. The first-order valence-corrected chi connectivity index (χ1v) is 11.3. The minimum atomic E-state index is -4.75. The van der Waals surface area contributed by atoms with Gasteiger partial charge in [0, 0.05) is 43.1 Å². The van der Waals surface area contributed by atoms with Crippen LogP contribution in [0.25, 0.3) is 0 Å². The van der Waals surface area contributed by atoms with Crippen LogP contribution >= 0.6 is 0 Å². The van der Waals surface area contributed by atoms with E-state index in [4.69, 9.17) is 5.73 Å². The van der Waals surface area contributed by atoms with Crippen molar-refractivity contribution in [3.63, 3.8) is 0 Å². The van der Waals surface area contributed by atoms with Gasteiger partial charge in [-0.25, -0.2) is 4.98 Å². The predicted octanol–water partition coefficient (Wildman–Crippen LogP) is 5.82. The maximum Gasteiger partial charge on any atom is 0.573 e. The molecule has 4 rings (SSSR count). The van der Waals surface area contributed by atoms with E-state index in [2.05, 4.69) is 20.0 Å². The van der Waals surface area contributed by atoms with E-state index in [1.54, 1.807) is 24.4 Å². The Labute approximate surface area is 211 Å². The molecular formula is C27H24F3N5O2. The number of halogens is 3. The number of carbonyl (C=O) groups excluding carboxylic acids is 1. The van der Waals surface area contributed by atoms with Crippen molar-refractivity contribution in [1.82, 2.24) is 9.97 Å². The third kappa shape index (κ3) is 7.44. The zero-order chi connectivity index (χ0) is 26.4. The van der Waals surface area contributed by atoms with Crippen molar-refractivity contribution < 1.29 is 22.7 Å². The molecule has 3 N–H and O–H groups in total. The van der Waals surface area contributed by atoms with Gasteiger partial charge in [-0.3, -0.25) is 4.79 Å². The van der Waals surface area contributed by atoms with Crippen LogP contribution in [0.15, 0.2) is 85.1 Å². The summed E-state index contributed by atoms with van der Waals surface area (Å²) in [7, 11) is 1.87. The molecule has 0 aliphatic rings. The molecule has 0 saturated carbocycles. The molecule has 190 valence electrons. The van der Waals surface area contributed by atoms with Gasteiger partial charge in [0.2, 0.25) is 5.95 Å². The highest BCUT2D eigenvalue weighted by atomic mass is 19.4. The van der Waals surface area contributed by atoms with Crippen LogP contribution in [0.2, 0.25) is 0 Å². The topological polar surface area (TPSA) is 93.4 Å². The lowest BCUT2D eigenvalue weighted by Crippen LogP contribution is -2.17. The first-order chi connectivity index (χ1) is 17.6. The summed E-state index contributed by atoms with van der Waals surface area (Å²) in [5.41, 5.74) is 9.53. The second kappa shape index (κ2) is 11.0. The number of alkyl halides is 3. The maximum atomic E-state index is 12.5. The van der Waals surface area contributed by atoms with E-state index < -0.39 is 6.36 Å². The fourth-order valence-electron chi connectivity index (χ4n) is 3.64. The van der Waals surface area contributed by atoms with Gasteiger partial charge in [-0.15, -0.1) is 13.2 Å². The summed E-state index contributed by atoms with van der Waals surface area (Å²) in [6.07, 6.45) is -2.78. The number of hydrogen-bond donors (Lipinski definition) is 2. The van der Waals surface area contributed by atoms with E-state index in [0.717, 1.165) is 16.9 Å². The lowest BCUT2D eigenvalue weighted by atomic mass is 10.0. The summed E-state index contributed by atoms with van der Waals surface area (Å²) in [6, 6.07) is 21.9. The minimum Gasteiger partial charge on any atom is -0.406 e. The van der Waals surface area contributed by atoms with Crippen molar-refractivity contribution in [3.05, 3.63) is 96.2 Å². The van der Waals surface area contributed by atoms with E-state index in [0.29, 0.717) is 23.0 Å². The monoisotopic (exact) mass is 507 g/mol. The average molecular weight is 508 g/mol. The van der Waals surface area contributed by atoms with Crippen molar-refractivity contribution >= 4 is 34.6 Å². The van der Waals surface area contributed by atoms with E-state index in [1.807, 2.05) is 48.3 Å². The molecule has 0 atom stereocenters. The normalized spacial score (nSPS) is 11.1. The second-order valence-electron chi connectivity index (χ2n) is 8.30. The van der Waals surface area contributed by atoms with Crippen LogP contribution < -0.4 is 20.7 Å². The zero-order valence-corrected chi connectivity index (χ0v) is 19.9. The number of nitrogens with two attached hydrogens (primary N) is 1. The number of ketones is 1. The summed E-state index contributed by atoms with van der Waals surface area (Å²) in [5, 5.41) is 3.13. The number of nitrogens with one attached hydrogen (secondary N) is 1. The molecule has 0 amide bonds. The maximum absolute atomic E-state index is 12.5. The van der Waals surface area contributed by atoms with Gasteiger partial charge in [-0.1, -0.05) is 30.3 Å². The number of hydrogen-bond acceptors (Lipinski definition) is 7. The number of anilines is 5. The molecule has 0 bridgehead atoms. The van der Waals surface area contributed by atoms with E-state index in [-0.39, 0.29) is 24.4 Å². The fourth-order valence-corrected chi connectivity index (χ4v) is 3.64. The summed E-state index contributed by atoms with van der Waals surface area (Å²) < 4.78 is 40.7. The molecular weight excluding hydrogens is 483 g/mol. The third-order valence-corrected chi connectivity index (χ3v) is 5.41. The van der Waals surface area contributed by atoms with Crippen LogP contribution in [-0.2, 0) is 17.6 Å². The Balaban J connectivity index is 1.35. The summed E-state index contributed by atoms with van der Waals surface area (Å²) in [4.78, 5) is 23.2. The molecule has 0 aliphatic carbocycles. The number of nitrogens with zero attached hydrogens (tertiary/aromatic N) is 3. The van der Waals surface area contributed by atoms with Crippen LogP contribution in [0.3, 0.4) is 0 Å². The van der Waals surface area contributed by atoms with Crippen LogP contribution in [0.4, 0.5) is 42.0 Å². The molecule has 1 aromatic heterocycles. The fraction of sp³-hybridized carbons (Fsp3) is 0.148. The second-order valence-corrected chi connectivity index (χ2v) is 8.30. The Hall–Kier alpha value is -4.60. The number of carbonyl (C=O) groups is 1. The first kappa shape index (κ1) is 25.5. The minimum absolute atomic E-state index is 0.0568. The average Bonchev–Trinajstić information content (AvgIpc) is 2.84. The van der Waals surface area contributed by atoms with Gasteiger partial charge in [0.25, 0.3) is 0 Å². The molecule has 0 radical (unpaired) electrons. The van der Waals surface area contributed by atoms with Crippen LogP contribution in [0, 0.1) is 0 Å². The highest BCUT2D eigenvalue weighted by Gasteiger charge is 2.30. The Morgan fingerprint density at radius 1 is 0.973 bits per heavy atom. The molecule has 0 fully saturated rings. The molecule has 0 saturated heterocycles. The smallest absolute Gasteiger partial charge is 0.406 e. The Bertz CT molecular complexity index is 1360. The Morgan fingerprint density at radius 3 is 2.24 bits per heavy atom. The van der Waals surface area contributed by atoms with Gasteiger partial charge >= 0.3 is 6.36 Å². The van der Waals surface area contributed by atoms with Gasteiger partial charge in [0.15, 0.2) is 0 Å². The molecule has 4 aromatic rings. The van der Waals surface area contributed by atoms with Gasteiger partial charge in [0.05, 0.1) is 0 Å². The van der Waals surface area contributed by atoms with Gasteiger partial charge in [0.1, 0.15) is 17.4 Å². The number of nitrogen functional groups attached to an aromatic ring is 1. The number of Topliss-reactive ketones (excluding diaryl/α,β-unsaturated/α-hetero) is 1. The number of ether oxygens (including phenoxy) is 1. The molecule has 0 aliphatic heterocycles.